The fourth-order valence-electron chi connectivity index (χ4n) is 1.53. The highest BCUT2D eigenvalue weighted by atomic mass is 16.3. The zero-order valence-corrected chi connectivity index (χ0v) is 9.70. The van der Waals surface area contributed by atoms with Gasteiger partial charge in [-0.3, -0.25) is 4.79 Å². The summed E-state index contributed by atoms with van der Waals surface area (Å²) in [6.45, 7) is 5.25. The molecule has 0 heterocycles. The predicted molar refractivity (Wildman–Crippen MR) is 59.6 cm³/mol. The van der Waals surface area contributed by atoms with E-state index in [1.807, 2.05) is 18.7 Å². The van der Waals surface area contributed by atoms with Crippen LogP contribution in [0.25, 0.3) is 0 Å². The minimum atomic E-state index is 0.144. The van der Waals surface area contributed by atoms with Crippen LogP contribution >= 0.6 is 0 Å². The van der Waals surface area contributed by atoms with Crippen molar-refractivity contribution in [3.05, 3.63) is 0 Å². The Morgan fingerprint density at radius 1 is 1.53 bits per heavy atom. The van der Waals surface area contributed by atoms with Crippen molar-refractivity contribution in [2.75, 3.05) is 19.7 Å². The van der Waals surface area contributed by atoms with Crippen LogP contribution in [0.3, 0.4) is 0 Å². The van der Waals surface area contributed by atoms with Gasteiger partial charge in [0.2, 0.25) is 5.91 Å². The molecule has 1 saturated carbocycles. The number of aliphatic hydroxyl groups is 1. The molecule has 0 aromatic rings. The van der Waals surface area contributed by atoms with E-state index in [2.05, 4.69) is 5.32 Å². The molecule has 1 aliphatic carbocycles. The molecule has 4 nitrogen and oxygen atoms in total. The highest BCUT2D eigenvalue weighted by Crippen LogP contribution is 2.18. The van der Waals surface area contributed by atoms with E-state index in [4.69, 9.17) is 5.11 Å². The van der Waals surface area contributed by atoms with Crippen LogP contribution in [-0.4, -0.2) is 47.7 Å². The summed E-state index contributed by atoms with van der Waals surface area (Å²) >= 11 is 0. The van der Waals surface area contributed by atoms with E-state index in [-0.39, 0.29) is 18.6 Å². The van der Waals surface area contributed by atoms with Crippen molar-refractivity contribution in [1.82, 2.24) is 10.2 Å². The molecule has 0 spiro atoms. The number of nitrogens with one attached hydrogen (secondary N) is 1. The summed E-state index contributed by atoms with van der Waals surface area (Å²) in [6.07, 6.45) is 3.06. The van der Waals surface area contributed by atoms with Gasteiger partial charge < -0.3 is 15.3 Å². The van der Waals surface area contributed by atoms with Gasteiger partial charge in [-0.2, -0.15) is 0 Å². The van der Waals surface area contributed by atoms with Crippen LogP contribution in [0.5, 0.6) is 0 Å². The quantitative estimate of drug-likeness (QED) is 0.643. The zero-order valence-electron chi connectivity index (χ0n) is 9.70. The number of rotatable bonds is 7. The van der Waals surface area contributed by atoms with Crippen LogP contribution in [0, 0.1) is 0 Å². The lowest BCUT2D eigenvalue weighted by Crippen LogP contribution is -2.43. The number of amides is 1. The first kappa shape index (κ1) is 12.5. The summed E-state index contributed by atoms with van der Waals surface area (Å²) in [5, 5.41) is 12.0. The van der Waals surface area contributed by atoms with Gasteiger partial charge in [0.05, 0.1) is 6.54 Å². The molecule has 0 saturated heterocycles. The Labute approximate surface area is 91.6 Å². The van der Waals surface area contributed by atoms with Gasteiger partial charge in [-0.15, -0.1) is 0 Å². The highest BCUT2D eigenvalue weighted by molar-refractivity contribution is 5.78. The summed E-state index contributed by atoms with van der Waals surface area (Å²) in [6, 6.07) is 0.783. The monoisotopic (exact) mass is 214 g/mol. The van der Waals surface area contributed by atoms with Crippen molar-refractivity contribution < 1.29 is 9.90 Å². The summed E-state index contributed by atoms with van der Waals surface area (Å²) < 4.78 is 0. The van der Waals surface area contributed by atoms with Crippen molar-refractivity contribution in [3.8, 4) is 0 Å². The minimum absolute atomic E-state index is 0.144. The van der Waals surface area contributed by atoms with Crippen molar-refractivity contribution >= 4 is 5.91 Å². The van der Waals surface area contributed by atoms with Gasteiger partial charge in [0.15, 0.2) is 0 Å². The molecule has 15 heavy (non-hydrogen) atoms. The van der Waals surface area contributed by atoms with Gasteiger partial charge in [0.1, 0.15) is 0 Å². The Hall–Kier alpha value is -0.610. The SMILES string of the molecule is CC(C)N(CCCO)C(=O)CNC1CC1. The first-order valence-electron chi connectivity index (χ1n) is 5.79. The molecule has 2 N–H and O–H groups in total. The molecule has 0 aliphatic heterocycles. The third kappa shape index (κ3) is 4.62. The standard InChI is InChI=1S/C11H22N2O2/c1-9(2)13(6-3-7-14)11(15)8-12-10-4-5-10/h9-10,12,14H,3-8H2,1-2H3. The fourth-order valence-corrected chi connectivity index (χ4v) is 1.53. The third-order valence-electron chi connectivity index (χ3n) is 2.62. The second kappa shape index (κ2) is 6.08. The second-order valence-corrected chi connectivity index (χ2v) is 4.41. The van der Waals surface area contributed by atoms with Gasteiger partial charge in [0.25, 0.3) is 0 Å². The summed E-state index contributed by atoms with van der Waals surface area (Å²) in [4.78, 5) is 13.6. The van der Waals surface area contributed by atoms with Crippen LogP contribution in [0.1, 0.15) is 33.1 Å². The van der Waals surface area contributed by atoms with Crippen LogP contribution in [0.4, 0.5) is 0 Å². The van der Waals surface area contributed by atoms with E-state index >= 15 is 0 Å². The highest BCUT2D eigenvalue weighted by Gasteiger charge is 2.23. The summed E-state index contributed by atoms with van der Waals surface area (Å²) in [7, 11) is 0. The van der Waals surface area contributed by atoms with E-state index in [0.717, 1.165) is 0 Å². The molecule has 0 atom stereocenters. The molecule has 4 heteroatoms. The lowest BCUT2D eigenvalue weighted by molar-refractivity contribution is -0.132. The summed E-state index contributed by atoms with van der Waals surface area (Å²) in [5.41, 5.74) is 0. The van der Waals surface area contributed by atoms with E-state index in [9.17, 15) is 4.79 Å². The van der Waals surface area contributed by atoms with Gasteiger partial charge in [0, 0.05) is 25.2 Å². The molecule has 0 radical (unpaired) electrons. The molecule has 0 bridgehead atoms. The largest absolute Gasteiger partial charge is 0.396 e. The van der Waals surface area contributed by atoms with Crippen molar-refractivity contribution in [1.29, 1.82) is 0 Å². The van der Waals surface area contributed by atoms with Crippen LogP contribution in [0.15, 0.2) is 0 Å². The number of hydrogen-bond donors (Lipinski definition) is 2. The topological polar surface area (TPSA) is 52.6 Å². The smallest absolute Gasteiger partial charge is 0.236 e. The Morgan fingerprint density at radius 2 is 2.20 bits per heavy atom. The van der Waals surface area contributed by atoms with E-state index in [0.29, 0.717) is 25.6 Å². The van der Waals surface area contributed by atoms with Crippen molar-refractivity contribution in [3.63, 3.8) is 0 Å². The molecule has 1 aliphatic rings. The molecule has 1 rings (SSSR count). The first-order valence-corrected chi connectivity index (χ1v) is 5.79. The summed E-state index contributed by atoms with van der Waals surface area (Å²) in [5.74, 6) is 0.144. The first-order chi connectivity index (χ1) is 7.15. The number of nitrogens with zero attached hydrogens (tertiary/aromatic N) is 1. The normalized spacial score (nSPS) is 15.7. The molecule has 0 aromatic carbocycles. The third-order valence-corrected chi connectivity index (χ3v) is 2.62. The molecule has 0 unspecified atom stereocenters. The van der Waals surface area contributed by atoms with Crippen molar-refractivity contribution in [2.45, 2.75) is 45.2 Å². The van der Waals surface area contributed by atoms with Crippen LogP contribution < -0.4 is 5.32 Å². The zero-order chi connectivity index (χ0) is 11.3. The van der Waals surface area contributed by atoms with Crippen molar-refractivity contribution in [2.24, 2.45) is 0 Å². The number of carbonyl (C=O) groups excluding carboxylic acids is 1. The molecule has 0 aromatic heterocycles. The number of carbonyl (C=O) groups is 1. The Morgan fingerprint density at radius 3 is 2.67 bits per heavy atom. The maximum Gasteiger partial charge on any atom is 0.236 e. The molecular weight excluding hydrogens is 192 g/mol. The molecule has 88 valence electrons. The average Bonchev–Trinajstić information content (AvgIpc) is 2.98. The maximum absolute atomic E-state index is 11.8. The average molecular weight is 214 g/mol. The lowest BCUT2D eigenvalue weighted by atomic mass is 10.2. The minimum Gasteiger partial charge on any atom is -0.396 e. The number of hydrogen-bond acceptors (Lipinski definition) is 3. The van der Waals surface area contributed by atoms with Gasteiger partial charge in [-0.1, -0.05) is 0 Å². The maximum atomic E-state index is 11.8. The Bertz CT molecular complexity index is 203. The van der Waals surface area contributed by atoms with Crippen LogP contribution in [0.2, 0.25) is 0 Å². The lowest BCUT2D eigenvalue weighted by Gasteiger charge is -2.26. The predicted octanol–water partition coefficient (Wildman–Crippen LogP) is 0.358. The van der Waals surface area contributed by atoms with E-state index in [1.165, 1.54) is 12.8 Å². The molecular formula is C11H22N2O2. The van der Waals surface area contributed by atoms with E-state index < -0.39 is 0 Å². The van der Waals surface area contributed by atoms with E-state index in [1.54, 1.807) is 0 Å². The van der Waals surface area contributed by atoms with Gasteiger partial charge in [-0.05, 0) is 33.1 Å². The van der Waals surface area contributed by atoms with Gasteiger partial charge in [-0.25, -0.2) is 0 Å². The van der Waals surface area contributed by atoms with Crippen LogP contribution in [-0.2, 0) is 4.79 Å². The fraction of sp³-hybridized carbons (Fsp3) is 0.909. The Balaban J connectivity index is 2.28. The molecule has 1 fully saturated rings. The number of aliphatic hydroxyl groups excluding tert-OH is 1. The Kier molecular flexibility index (Phi) is 5.05. The van der Waals surface area contributed by atoms with Gasteiger partial charge >= 0.3 is 0 Å². The molecule has 1 amide bonds. The second-order valence-electron chi connectivity index (χ2n) is 4.41.